The lowest BCUT2D eigenvalue weighted by atomic mass is 9.49. The molecule has 1 heterocycles. The molecule has 27 heavy (non-hydrogen) atoms. The van der Waals surface area contributed by atoms with Crippen molar-refractivity contribution in [3.05, 3.63) is 16.0 Å². The molecule has 0 aliphatic heterocycles. The standard InChI is InChI=1S/C21H27N3O2S/c1-12-13(2)27-19(17(12)11-22)24-18(25)3-4-23-20(26)21-8-14-5-15(9-21)7-16(6-14)10-21/h14-16H,3-10H2,1-2H3,(H,23,26)(H,24,25). The lowest BCUT2D eigenvalue weighted by molar-refractivity contribution is -0.146. The van der Waals surface area contributed by atoms with Crippen molar-refractivity contribution in [2.24, 2.45) is 23.2 Å². The first-order valence-corrected chi connectivity index (χ1v) is 10.8. The Morgan fingerprint density at radius 1 is 1.15 bits per heavy atom. The molecule has 0 unspecified atom stereocenters. The van der Waals surface area contributed by atoms with Gasteiger partial charge in [-0.1, -0.05) is 0 Å². The summed E-state index contributed by atoms with van der Waals surface area (Å²) in [5.74, 6) is 2.22. The van der Waals surface area contributed by atoms with Crippen molar-refractivity contribution in [2.45, 2.75) is 58.8 Å². The summed E-state index contributed by atoms with van der Waals surface area (Å²) in [6.45, 7) is 4.20. The minimum absolute atomic E-state index is 0.154. The second-order valence-corrected chi connectivity index (χ2v) is 10.1. The summed E-state index contributed by atoms with van der Waals surface area (Å²) in [6.07, 6.45) is 7.29. The van der Waals surface area contributed by atoms with Crippen molar-refractivity contribution >= 4 is 28.2 Å². The minimum atomic E-state index is -0.165. The van der Waals surface area contributed by atoms with Gasteiger partial charge in [0.2, 0.25) is 11.8 Å². The van der Waals surface area contributed by atoms with Crippen molar-refractivity contribution in [1.82, 2.24) is 5.32 Å². The molecule has 0 atom stereocenters. The average Bonchev–Trinajstić information content (AvgIpc) is 2.86. The molecule has 2 N–H and O–H groups in total. The highest BCUT2D eigenvalue weighted by molar-refractivity contribution is 7.16. The highest BCUT2D eigenvalue weighted by atomic mass is 32.1. The van der Waals surface area contributed by atoms with Crippen LogP contribution < -0.4 is 10.6 Å². The molecule has 4 aliphatic rings. The minimum Gasteiger partial charge on any atom is -0.355 e. The van der Waals surface area contributed by atoms with Crippen molar-refractivity contribution in [3.8, 4) is 6.07 Å². The summed E-state index contributed by atoms with van der Waals surface area (Å²) in [6, 6.07) is 2.16. The predicted molar refractivity (Wildman–Crippen MR) is 105 cm³/mol. The molecule has 4 aliphatic carbocycles. The van der Waals surface area contributed by atoms with Crippen LogP contribution in [0.15, 0.2) is 0 Å². The number of nitriles is 1. The molecule has 4 saturated carbocycles. The molecule has 0 saturated heterocycles. The van der Waals surface area contributed by atoms with Gasteiger partial charge in [0, 0.05) is 23.3 Å². The van der Waals surface area contributed by atoms with Crippen molar-refractivity contribution in [2.75, 3.05) is 11.9 Å². The Morgan fingerprint density at radius 2 is 1.74 bits per heavy atom. The summed E-state index contributed by atoms with van der Waals surface area (Å²) in [4.78, 5) is 26.2. The molecule has 0 spiro atoms. The fraction of sp³-hybridized carbons (Fsp3) is 0.667. The summed E-state index contributed by atoms with van der Waals surface area (Å²) in [5, 5.41) is 15.8. The zero-order valence-corrected chi connectivity index (χ0v) is 16.9. The van der Waals surface area contributed by atoms with Crippen molar-refractivity contribution in [3.63, 3.8) is 0 Å². The van der Waals surface area contributed by atoms with E-state index in [4.69, 9.17) is 0 Å². The number of hydrogen-bond donors (Lipinski definition) is 2. The molecular formula is C21H27N3O2S. The van der Waals surface area contributed by atoms with Crippen molar-refractivity contribution < 1.29 is 9.59 Å². The molecule has 5 rings (SSSR count). The highest BCUT2D eigenvalue weighted by Gasteiger charge is 2.54. The Hall–Kier alpha value is -1.87. The lowest BCUT2D eigenvalue weighted by Crippen LogP contribution is -2.53. The Balaban J connectivity index is 1.30. The third kappa shape index (κ3) is 3.38. The van der Waals surface area contributed by atoms with Gasteiger partial charge in [-0.2, -0.15) is 5.26 Å². The topological polar surface area (TPSA) is 82.0 Å². The molecule has 1 aromatic rings. The van der Waals surface area contributed by atoms with Crippen LogP contribution in [-0.2, 0) is 9.59 Å². The molecule has 6 heteroatoms. The van der Waals surface area contributed by atoms with E-state index in [0.29, 0.717) is 17.1 Å². The first-order chi connectivity index (χ1) is 12.9. The van der Waals surface area contributed by atoms with Gasteiger partial charge < -0.3 is 10.6 Å². The molecule has 5 nitrogen and oxygen atoms in total. The van der Waals surface area contributed by atoms with E-state index in [-0.39, 0.29) is 23.7 Å². The Bertz CT molecular complexity index is 785. The van der Waals surface area contributed by atoms with Gasteiger partial charge in [-0.05, 0) is 75.7 Å². The van der Waals surface area contributed by atoms with Crippen molar-refractivity contribution in [1.29, 1.82) is 5.26 Å². The van der Waals surface area contributed by atoms with Crippen LogP contribution in [0, 0.1) is 48.3 Å². The summed E-state index contributed by atoms with van der Waals surface area (Å²) < 4.78 is 0. The van der Waals surface area contributed by atoms with E-state index in [1.807, 2.05) is 13.8 Å². The predicted octanol–water partition coefficient (Wildman–Crippen LogP) is 3.90. The maximum absolute atomic E-state index is 12.9. The average molecular weight is 386 g/mol. The molecular weight excluding hydrogens is 358 g/mol. The van der Waals surface area contributed by atoms with E-state index >= 15 is 0 Å². The SMILES string of the molecule is Cc1sc(NC(=O)CCNC(=O)C23CC4CC(CC(C4)C2)C3)c(C#N)c1C. The number of hydrogen-bond acceptors (Lipinski definition) is 4. The van der Waals surface area contributed by atoms with Crippen LogP contribution in [0.4, 0.5) is 5.00 Å². The van der Waals surface area contributed by atoms with Crippen LogP contribution in [0.5, 0.6) is 0 Å². The van der Waals surface area contributed by atoms with Crippen LogP contribution in [0.25, 0.3) is 0 Å². The largest absolute Gasteiger partial charge is 0.355 e. The number of rotatable bonds is 5. The fourth-order valence-electron chi connectivity index (χ4n) is 5.90. The fourth-order valence-corrected chi connectivity index (χ4v) is 6.93. The van der Waals surface area contributed by atoms with Gasteiger partial charge in [-0.15, -0.1) is 11.3 Å². The summed E-state index contributed by atoms with van der Waals surface area (Å²) >= 11 is 1.43. The second-order valence-electron chi connectivity index (χ2n) is 8.85. The Labute approximate surface area is 164 Å². The first-order valence-electron chi connectivity index (χ1n) is 9.98. The maximum atomic E-state index is 12.9. The number of aryl methyl sites for hydroxylation is 1. The maximum Gasteiger partial charge on any atom is 0.226 e. The molecule has 2 amide bonds. The molecule has 0 radical (unpaired) electrons. The number of nitrogens with one attached hydrogen (secondary N) is 2. The number of carbonyl (C=O) groups is 2. The zero-order chi connectivity index (χ0) is 19.2. The number of amides is 2. The van der Waals surface area contributed by atoms with Gasteiger partial charge in [-0.3, -0.25) is 9.59 Å². The van der Waals surface area contributed by atoms with Gasteiger partial charge in [0.05, 0.1) is 5.56 Å². The third-order valence-corrected chi connectivity index (χ3v) is 8.03. The number of thiophene rings is 1. The normalized spacial score (nSPS) is 30.8. The van der Waals surface area contributed by atoms with E-state index in [1.165, 1.54) is 30.6 Å². The third-order valence-electron chi connectivity index (χ3n) is 6.91. The van der Waals surface area contributed by atoms with Crippen LogP contribution >= 0.6 is 11.3 Å². The van der Waals surface area contributed by atoms with Gasteiger partial charge in [0.15, 0.2) is 0 Å². The smallest absolute Gasteiger partial charge is 0.226 e. The summed E-state index contributed by atoms with van der Waals surface area (Å²) in [5.41, 5.74) is 1.30. The van der Waals surface area contributed by atoms with Gasteiger partial charge in [-0.25, -0.2) is 0 Å². The molecule has 144 valence electrons. The van der Waals surface area contributed by atoms with Crippen LogP contribution in [-0.4, -0.2) is 18.4 Å². The quantitative estimate of drug-likeness (QED) is 0.806. The molecule has 4 bridgehead atoms. The first kappa shape index (κ1) is 18.5. The molecule has 0 aromatic carbocycles. The van der Waals surface area contributed by atoms with E-state index in [9.17, 15) is 14.9 Å². The van der Waals surface area contributed by atoms with E-state index in [2.05, 4.69) is 16.7 Å². The van der Waals surface area contributed by atoms with Gasteiger partial charge in [0.25, 0.3) is 0 Å². The monoisotopic (exact) mass is 385 g/mol. The number of anilines is 1. The Kier molecular flexibility index (Phi) is 4.75. The lowest BCUT2D eigenvalue weighted by Gasteiger charge is -2.55. The second kappa shape index (κ2) is 6.94. The Morgan fingerprint density at radius 3 is 2.30 bits per heavy atom. The number of nitrogens with zero attached hydrogens (tertiary/aromatic N) is 1. The summed E-state index contributed by atoms with van der Waals surface area (Å²) in [7, 11) is 0. The van der Waals surface area contributed by atoms with E-state index in [0.717, 1.165) is 47.5 Å². The van der Waals surface area contributed by atoms with Gasteiger partial charge in [0.1, 0.15) is 11.1 Å². The molecule has 1 aromatic heterocycles. The van der Waals surface area contributed by atoms with Gasteiger partial charge >= 0.3 is 0 Å². The van der Waals surface area contributed by atoms with Crippen LogP contribution in [0.3, 0.4) is 0 Å². The molecule has 4 fully saturated rings. The van der Waals surface area contributed by atoms with E-state index < -0.39 is 0 Å². The highest BCUT2D eigenvalue weighted by Crippen LogP contribution is 2.60. The van der Waals surface area contributed by atoms with E-state index in [1.54, 1.807) is 0 Å². The van der Waals surface area contributed by atoms with Crippen LogP contribution in [0.2, 0.25) is 0 Å². The number of carbonyl (C=O) groups excluding carboxylic acids is 2. The zero-order valence-electron chi connectivity index (χ0n) is 16.1. The van der Waals surface area contributed by atoms with Crippen LogP contribution in [0.1, 0.15) is 60.9 Å².